The van der Waals surface area contributed by atoms with E-state index in [2.05, 4.69) is 4.72 Å². The topological polar surface area (TPSA) is 75.6 Å². The van der Waals surface area contributed by atoms with E-state index < -0.39 is 16.1 Å². The average molecular weight is 300 g/mol. The highest BCUT2D eigenvalue weighted by molar-refractivity contribution is 7.91. The number of rotatable bonds is 6. The molecule has 0 aliphatic rings. The zero-order valence-electron chi connectivity index (χ0n) is 9.44. The smallest absolute Gasteiger partial charge is 0.250 e. The Morgan fingerprint density at radius 1 is 1.65 bits per heavy atom. The SMILES string of the molecule is COCC(O)CNS(=O)(=O)c1cc(C)c(Cl)s1. The van der Waals surface area contributed by atoms with E-state index in [0.717, 1.165) is 16.9 Å². The number of hydrogen-bond acceptors (Lipinski definition) is 5. The van der Waals surface area contributed by atoms with E-state index in [1.165, 1.54) is 13.2 Å². The molecule has 0 bridgehead atoms. The van der Waals surface area contributed by atoms with Gasteiger partial charge < -0.3 is 9.84 Å². The van der Waals surface area contributed by atoms with Gasteiger partial charge in [-0.15, -0.1) is 11.3 Å². The van der Waals surface area contributed by atoms with Crippen LogP contribution in [0.15, 0.2) is 10.3 Å². The number of halogens is 1. The van der Waals surface area contributed by atoms with Gasteiger partial charge >= 0.3 is 0 Å². The summed E-state index contributed by atoms with van der Waals surface area (Å²) in [5.41, 5.74) is 0.717. The van der Waals surface area contributed by atoms with Crippen LogP contribution in [0, 0.1) is 6.92 Å². The van der Waals surface area contributed by atoms with E-state index >= 15 is 0 Å². The van der Waals surface area contributed by atoms with Crippen LogP contribution in [0.25, 0.3) is 0 Å². The number of thiophene rings is 1. The Hall–Kier alpha value is -0.180. The van der Waals surface area contributed by atoms with Gasteiger partial charge in [0, 0.05) is 13.7 Å². The zero-order valence-corrected chi connectivity index (χ0v) is 11.8. The van der Waals surface area contributed by atoms with Crippen LogP contribution in [0.1, 0.15) is 5.56 Å². The van der Waals surface area contributed by atoms with Crippen LogP contribution in [0.5, 0.6) is 0 Å². The average Bonchev–Trinajstić information content (AvgIpc) is 2.58. The standard InChI is InChI=1S/C9H14ClNO4S2/c1-6-3-8(16-9(6)10)17(13,14)11-4-7(12)5-15-2/h3,7,11-12H,4-5H2,1-2H3. The Labute approximate surface area is 109 Å². The quantitative estimate of drug-likeness (QED) is 0.821. The molecule has 0 fully saturated rings. The van der Waals surface area contributed by atoms with E-state index in [4.69, 9.17) is 16.3 Å². The maximum absolute atomic E-state index is 11.8. The maximum atomic E-state index is 11.8. The molecule has 0 aliphatic carbocycles. The van der Waals surface area contributed by atoms with Gasteiger partial charge in [0.15, 0.2) is 0 Å². The summed E-state index contributed by atoms with van der Waals surface area (Å²) in [6.07, 6.45) is -0.869. The van der Waals surface area contributed by atoms with Gasteiger partial charge in [0.05, 0.1) is 17.0 Å². The minimum atomic E-state index is -3.61. The first-order chi connectivity index (χ1) is 7.86. The number of aryl methyl sites for hydroxylation is 1. The molecule has 1 rings (SSSR count). The Balaban J connectivity index is 2.69. The summed E-state index contributed by atoms with van der Waals surface area (Å²) in [5.74, 6) is 0. The predicted molar refractivity (Wildman–Crippen MR) is 67.1 cm³/mol. The molecule has 0 spiro atoms. The number of ether oxygens (including phenoxy) is 1. The highest BCUT2D eigenvalue weighted by Crippen LogP contribution is 2.29. The van der Waals surface area contributed by atoms with Crippen LogP contribution < -0.4 is 4.72 Å². The molecule has 0 amide bonds. The van der Waals surface area contributed by atoms with Crippen molar-refractivity contribution in [2.24, 2.45) is 0 Å². The van der Waals surface area contributed by atoms with Gasteiger partial charge in [0.2, 0.25) is 10.0 Å². The van der Waals surface area contributed by atoms with Crippen LogP contribution in [0.3, 0.4) is 0 Å². The number of methoxy groups -OCH3 is 1. The Bertz CT molecular complexity index is 452. The van der Waals surface area contributed by atoms with Crippen LogP contribution in [-0.4, -0.2) is 39.9 Å². The number of aliphatic hydroxyl groups excluding tert-OH is 1. The lowest BCUT2D eigenvalue weighted by molar-refractivity contribution is 0.0679. The van der Waals surface area contributed by atoms with Gasteiger partial charge in [-0.05, 0) is 18.6 Å². The molecular formula is C9H14ClNO4S2. The first kappa shape index (κ1) is 14.9. The van der Waals surface area contributed by atoms with Gasteiger partial charge in [-0.2, -0.15) is 0 Å². The van der Waals surface area contributed by atoms with Gasteiger partial charge in [0.25, 0.3) is 0 Å². The fraction of sp³-hybridized carbons (Fsp3) is 0.556. The van der Waals surface area contributed by atoms with Crippen molar-refractivity contribution in [2.75, 3.05) is 20.3 Å². The molecular weight excluding hydrogens is 286 g/mol. The van der Waals surface area contributed by atoms with Crippen molar-refractivity contribution in [3.05, 3.63) is 16.0 Å². The molecule has 0 aromatic carbocycles. The van der Waals surface area contributed by atoms with Crippen molar-refractivity contribution >= 4 is 33.0 Å². The lowest BCUT2D eigenvalue weighted by Gasteiger charge is -2.10. The first-order valence-electron chi connectivity index (χ1n) is 4.79. The lowest BCUT2D eigenvalue weighted by atomic mass is 10.4. The minimum absolute atomic E-state index is 0.0761. The van der Waals surface area contributed by atoms with E-state index in [-0.39, 0.29) is 17.4 Å². The molecule has 0 saturated heterocycles. The number of sulfonamides is 1. The Morgan fingerprint density at radius 3 is 2.76 bits per heavy atom. The van der Waals surface area contributed by atoms with E-state index in [1.807, 2.05) is 0 Å². The van der Waals surface area contributed by atoms with E-state index in [0.29, 0.717) is 4.34 Å². The lowest BCUT2D eigenvalue weighted by Crippen LogP contribution is -2.34. The normalized spacial score (nSPS) is 13.9. The second-order valence-corrected chi connectivity index (χ2v) is 7.13. The van der Waals surface area contributed by atoms with Crippen molar-refractivity contribution < 1.29 is 18.3 Å². The summed E-state index contributed by atoms with van der Waals surface area (Å²) in [6.45, 7) is 1.72. The van der Waals surface area contributed by atoms with Crippen LogP contribution >= 0.6 is 22.9 Å². The molecule has 0 aliphatic heterocycles. The third kappa shape index (κ3) is 4.20. The molecule has 0 radical (unpaired) electrons. The molecule has 1 aromatic heterocycles. The van der Waals surface area contributed by atoms with Gasteiger partial charge in [0.1, 0.15) is 4.21 Å². The maximum Gasteiger partial charge on any atom is 0.250 e. The Kier molecular flexibility index (Phi) is 5.36. The summed E-state index contributed by atoms with van der Waals surface area (Å²) in [6, 6.07) is 1.50. The Morgan fingerprint density at radius 2 is 2.29 bits per heavy atom. The second kappa shape index (κ2) is 6.12. The van der Waals surface area contributed by atoms with E-state index in [1.54, 1.807) is 6.92 Å². The molecule has 5 nitrogen and oxygen atoms in total. The van der Waals surface area contributed by atoms with Crippen LogP contribution in [0.2, 0.25) is 4.34 Å². The molecule has 98 valence electrons. The number of nitrogens with one attached hydrogen (secondary N) is 1. The third-order valence-corrected chi connectivity index (χ3v) is 5.42. The zero-order chi connectivity index (χ0) is 13.1. The fourth-order valence-corrected chi connectivity index (χ4v) is 3.92. The van der Waals surface area contributed by atoms with Crippen LogP contribution in [-0.2, 0) is 14.8 Å². The summed E-state index contributed by atoms with van der Waals surface area (Å²) in [4.78, 5) is 0. The van der Waals surface area contributed by atoms with E-state index in [9.17, 15) is 13.5 Å². The number of hydrogen-bond donors (Lipinski definition) is 2. The first-order valence-corrected chi connectivity index (χ1v) is 7.47. The second-order valence-electron chi connectivity index (χ2n) is 3.48. The summed E-state index contributed by atoms with van der Waals surface area (Å²) in [5, 5.41) is 9.34. The largest absolute Gasteiger partial charge is 0.389 e. The molecule has 1 unspecified atom stereocenters. The van der Waals surface area contributed by atoms with Gasteiger partial charge in [-0.3, -0.25) is 0 Å². The van der Waals surface area contributed by atoms with Crippen molar-refractivity contribution in [2.45, 2.75) is 17.2 Å². The summed E-state index contributed by atoms with van der Waals surface area (Å²) < 4.78 is 31.2. The van der Waals surface area contributed by atoms with Crippen molar-refractivity contribution in [3.8, 4) is 0 Å². The molecule has 2 N–H and O–H groups in total. The fourth-order valence-electron chi connectivity index (χ4n) is 1.09. The highest BCUT2D eigenvalue weighted by atomic mass is 35.5. The van der Waals surface area contributed by atoms with Crippen molar-refractivity contribution in [3.63, 3.8) is 0 Å². The summed E-state index contributed by atoms with van der Waals surface area (Å²) >= 11 is 6.79. The molecule has 17 heavy (non-hydrogen) atoms. The molecule has 8 heteroatoms. The van der Waals surface area contributed by atoms with Crippen molar-refractivity contribution in [1.82, 2.24) is 4.72 Å². The number of aliphatic hydroxyl groups is 1. The monoisotopic (exact) mass is 299 g/mol. The van der Waals surface area contributed by atoms with Crippen LogP contribution in [0.4, 0.5) is 0 Å². The van der Waals surface area contributed by atoms with Crippen molar-refractivity contribution in [1.29, 1.82) is 0 Å². The highest BCUT2D eigenvalue weighted by Gasteiger charge is 2.19. The molecule has 1 heterocycles. The molecule has 0 saturated carbocycles. The van der Waals surface area contributed by atoms with Gasteiger partial charge in [-0.1, -0.05) is 11.6 Å². The molecule has 1 aromatic rings. The molecule has 1 atom stereocenters. The summed E-state index contributed by atoms with van der Waals surface area (Å²) in [7, 11) is -2.18. The minimum Gasteiger partial charge on any atom is -0.389 e. The third-order valence-electron chi connectivity index (χ3n) is 1.97. The van der Waals surface area contributed by atoms with Gasteiger partial charge in [-0.25, -0.2) is 13.1 Å². The predicted octanol–water partition coefficient (Wildman–Crippen LogP) is 0.996.